The predicted octanol–water partition coefficient (Wildman–Crippen LogP) is 3.39. The molecule has 0 atom stereocenters. The molecular formula is C17H20FNO2. The van der Waals surface area contributed by atoms with Crippen molar-refractivity contribution in [3.05, 3.63) is 59.9 Å². The van der Waals surface area contributed by atoms with Crippen LogP contribution >= 0.6 is 0 Å². The smallest absolute Gasteiger partial charge is 0.165 e. The summed E-state index contributed by atoms with van der Waals surface area (Å²) in [5, 5.41) is 3.00. The number of hydrogen-bond donors (Lipinski definition) is 1. The number of benzene rings is 2. The monoisotopic (exact) mass is 289 g/mol. The van der Waals surface area contributed by atoms with Crippen molar-refractivity contribution in [1.82, 2.24) is 5.32 Å². The molecule has 0 heterocycles. The normalized spacial score (nSPS) is 10.4. The third-order valence-corrected chi connectivity index (χ3v) is 2.96. The lowest BCUT2D eigenvalue weighted by molar-refractivity contribution is 0.239. The van der Waals surface area contributed by atoms with Crippen molar-refractivity contribution < 1.29 is 13.9 Å². The molecule has 4 heteroatoms. The molecule has 0 saturated carbocycles. The van der Waals surface area contributed by atoms with Crippen LogP contribution in [0.5, 0.6) is 11.5 Å². The van der Waals surface area contributed by atoms with Gasteiger partial charge in [-0.25, -0.2) is 4.39 Å². The van der Waals surface area contributed by atoms with Crippen LogP contribution in [-0.4, -0.2) is 20.3 Å². The van der Waals surface area contributed by atoms with Crippen LogP contribution in [0.2, 0.25) is 0 Å². The molecule has 0 bridgehead atoms. The summed E-state index contributed by atoms with van der Waals surface area (Å²) in [6.45, 7) is 1.54. The molecule has 2 aromatic rings. The number of para-hydroxylation sites is 2. The zero-order valence-electron chi connectivity index (χ0n) is 12.1. The van der Waals surface area contributed by atoms with E-state index in [0.29, 0.717) is 31.9 Å². The van der Waals surface area contributed by atoms with Crippen molar-refractivity contribution in [3.8, 4) is 11.5 Å². The molecule has 2 aromatic carbocycles. The summed E-state index contributed by atoms with van der Waals surface area (Å²) in [5.74, 6) is 0.831. The van der Waals surface area contributed by atoms with Gasteiger partial charge in [0.1, 0.15) is 5.75 Å². The van der Waals surface area contributed by atoms with Crippen molar-refractivity contribution in [2.45, 2.75) is 13.0 Å². The number of hydrogen-bond acceptors (Lipinski definition) is 3. The predicted molar refractivity (Wildman–Crippen MR) is 81.2 cm³/mol. The maximum Gasteiger partial charge on any atom is 0.165 e. The average molecular weight is 289 g/mol. The molecule has 0 aliphatic heterocycles. The Balaban J connectivity index is 1.78. The van der Waals surface area contributed by atoms with Gasteiger partial charge in [-0.05, 0) is 25.2 Å². The number of halogens is 1. The molecule has 0 fully saturated rings. The summed E-state index contributed by atoms with van der Waals surface area (Å²) in [7, 11) is 1.82. The average Bonchev–Trinajstić information content (AvgIpc) is 2.51. The van der Waals surface area contributed by atoms with E-state index in [1.807, 2.05) is 43.4 Å². The highest BCUT2D eigenvalue weighted by molar-refractivity contribution is 5.34. The fourth-order valence-corrected chi connectivity index (χ4v) is 1.98. The Bertz CT molecular complexity index is 546. The molecule has 0 unspecified atom stereocenters. The minimum absolute atomic E-state index is 0.326. The molecule has 1 N–H and O–H groups in total. The first kappa shape index (κ1) is 15.3. The molecule has 0 aliphatic carbocycles. The van der Waals surface area contributed by atoms with Gasteiger partial charge in [-0.2, -0.15) is 0 Å². The van der Waals surface area contributed by atoms with E-state index >= 15 is 0 Å². The third kappa shape index (κ3) is 4.76. The Hall–Kier alpha value is -2.07. The van der Waals surface area contributed by atoms with Crippen LogP contribution in [0.25, 0.3) is 0 Å². The van der Waals surface area contributed by atoms with E-state index in [2.05, 4.69) is 5.32 Å². The van der Waals surface area contributed by atoms with Gasteiger partial charge >= 0.3 is 0 Å². The molecule has 112 valence electrons. The first-order valence-electron chi connectivity index (χ1n) is 7.04. The molecule has 0 spiro atoms. The van der Waals surface area contributed by atoms with Gasteiger partial charge in [0.2, 0.25) is 0 Å². The molecule has 0 aliphatic rings. The fraction of sp³-hybridized carbons (Fsp3) is 0.294. The first-order valence-corrected chi connectivity index (χ1v) is 7.04. The summed E-state index contributed by atoms with van der Waals surface area (Å²) in [5.41, 5.74) is 0.821. The molecular weight excluding hydrogens is 269 g/mol. The molecule has 0 amide bonds. The lowest BCUT2D eigenvalue weighted by Crippen LogP contribution is -2.10. The molecule has 3 nitrogen and oxygen atoms in total. The molecule has 21 heavy (non-hydrogen) atoms. The van der Waals surface area contributed by atoms with Crippen molar-refractivity contribution >= 4 is 0 Å². The number of nitrogens with one attached hydrogen (secondary N) is 1. The van der Waals surface area contributed by atoms with Crippen LogP contribution < -0.4 is 14.8 Å². The van der Waals surface area contributed by atoms with Crippen LogP contribution in [-0.2, 0) is 6.54 Å². The van der Waals surface area contributed by atoms with E-state index in [0.717, 1.165) is 11.3 Å². The topological polar surface area (TPSA) is 30.5 Å². The van der Waals surface area contributed by atoms with E-state index in [9.17, 15) is 4.39 Å². The highest BCUT2D eigenvalue weighted by atomic mass is 19.1. The van der Waals surface area contributed by atoms with Gasteiger partial charge in [0.05, 0.1) is 13.2 Å². The van der Waals surface area contributed by atoms with Crippen molar-refractivity contribution in [3.63, 3.8) is 0 Å². The lowest BCUT2D eigenvalue weighted by Gasteiger charge is -2.12. The van der Waals surface area contributed by atoms with E-state index < -0.39 is 0 Å². The zero-order chi connectivity index (χ0) is 14.9. The maximum atomic E-state index is 13.8. The minimum Gasteiger partial charge on any atom is -0.493 e. The summed E-state index contributed by atoms with van der Waals surface area (Å²) < 4.78 is 24.9. The second kappa shape index (κ2) is 8.27. The van der Waals surface area contributed by atoms with Gasteiger partial charge in [-0.1, -0.05) is 30.3 Å². The Kier molecular flexibility index (Phi) is 6.03. The Morgan fingerprint density at radius 1 is 0.952 bits per heavy atom. The number of rotatable bonds is 8. The summed E-state index contributed by atoms with van der Waals surface area (Å²) in [4.78, 5) is 0. The van der Waals surface area contributed by atoms with Crippen LogP contribution in [0.3, 0.4) is 0 Å². The van der Waals surface area contributed by atoms with Crippen molar-refractivity contribution in [2.24, 2.45) is 0 Å². The van der Waals surface area contributed by atoms with Crippen LogP contribution in [0, 0.1) is 5.82 Å². The SMILES string of the molecule is CNCc1cccc(F)c1OCCCOc1ccccc1. The van der Waals surface area contributed by atoms with Crippen LogP contribution in [0.1, 0.15) is 12.0 Å². The van der Waals surface area contributed by atoms with Gasteiger partial charge in [-0.15, -0.1) is 0 Å². The van der Waals surface area contributed by atoms with Crippen LogP contribution in [0.4, 0.5) is 4.39 Å². The highest BCUT2D eigenvalue weighted by Gasteiger charge is 2.08. The van der Waals surface area contributed by atoms with Gasteiger partial charge in [0.25, 0.3) is 0 Å². The van der Waals surface area contributed by atoms with Crippen molar-refractivity contribution in [2.75, 3.05) is 20.3 Å². The summed E-state index contributed by atoms with van der Waals surface area (Å²) in [6.07, 6.45) is 0.697. The highest BCUT2D eigenvalue weighted by Crippen LogP contribution is 2.22. The Morgan fingerprint density at radius 2 is 1.71 bits per heavy atom. The maximum absolute atomic E-state index is 13.8. The molecule has 2 rings (SSSR count). The quantitative estimate of drug-likeness (QED) is 0.756. The van der Waals surface area contributed by atoms with Gasteiger partial charge in [0, 0.05) is 18.5 Å². The second-order valence-electron chi connectivity index (χ2n) is 4.62. The van der Waals surface area contributed by atoms with E-state index in [4.69, 9.17) is 9.47 Å². The third-order valence-electron chi connectivity index (χ3n) is 2.96. The van der Waals surface area contributed by atoms with E-state index in [1.54, 1.807) is 6.07 Å². The van der Waals surface area contributed by atoms with Gasteiger partial charge in [-0.3, -0.25) is 0 Å². The van der Waals surface area contributed by atoms with Gasteiger partial charge < -0.3 is 14.8 Å². The zero-order valence-corrected chi connectivity index (χ0v) is 12.1. The van der Waals surface area contributed by atoms with Crippen LogP contribution in [0.15, 0.2) is 48.5 Å². The Labute approximate surface area is 124 Å². The molecule has 0 aromatic heterocycles. The summed E-state index contributed by atoms with van der Waals surface area (Å²) >= 11 is 0. The fourth-order valence-electron chi connectivity index (χ4n) is 1.98. The molecule has 0 radical (unpaired) electrons. The van der Waals surface area contributed by atoms with E-state index in [1.165, 1.54) is 6.07 Å². The largest absolute Gasteiger partial charge is 0.493 e. The molecule has 0 saturated heterocycles. The minimum atomic E-state index is -0.327. The standard InChI is InChI=1S/C17H20FNO2/c1-19-13-14-7-5-10-16(18)17(14)21-12-6-11-20-15-8-3-2-4-9-15/h2-5,7-10,19H,6,11-13H2,1H3. The number of ether oxygens (including phenoxy) is 2. The first-order chi connectivity index (χ1) is 10.3. The van der Waals surface area contributed by atoms with E-state index in [-0.39, 0.29) is 5.82 Å². The van der Waals surface area contributed by atoms with Crippen molar-refractivity contribution in [1.29, 1.82) is 0 Å². The second-order valence-corrected chi connectivity index (χ2v) is 4.62. The Morgan fingerprint density at radius 3 is 2.48 bits per heavy atom. The van der Waals surface area contributed by atoms with Gasteiger partial charge in [0.15, 0.2) is 11.6 Å². The lowest BCUT2D eigenvalue weighted by atomic mass is 10.2. The summed E-state index contributed by atoms with van der Waals surface area (Å²) in [6, 6.07) is 14.6.